The Labute approximate surface area is 191 Å². The first-order chi connectivity index (χ1) is 15.8. The number of fused-ring (bicyclic) bond motifs is 1. The zero-order valence-corrected chi connectivity index (χ0v) is 18.8. The van der Waals surface area contributed by atoms with Crippen LogP contribution in [0, 0.1) is 5.82 Å². The van der Waals surface area contributed by atoms with E-state index in [1.54, 1.807) is 36.4 Å². The Hall–Kier alpha value is -3.65. The highest BCUT2D eigenvalue weighted by atomic mass is 19.1. The Bertz CT molecular complexity index is 1250. The van der Waals surface area contributed by atoms with Gasteiger partial charge in [-0.1, -0.05) is 0 Å². The van der Waals surface area contributed by atoms with Crippen LogP contribution in [0.1, 0.15) is 28.8 Å². The van der Waals surface area contributed by atoms with Crippen LogP contribution in [-0.2, 0) is 0 Å². The minimum atomic E-state index is -0.421. The molecule has 0 bridgehead atoms. The number of nitrogens with one attached hydrogen (secondary N) is 2. The molecule has 1 fully saturated rings. The number of rotatable bonds is 5. The van der Waals surface area contributed by atoms with Gasteiger partial charge in [0.2, 0.25) is 0 Å². The number of H-pyrrole nitrogens is 1. The van der Waals surface area contributed by atoms with Crippen LogP contribution in [0.3, 0.4) is 0 Å². The summed E-state index contributed by atoms with van der Waals surface area (Å²) in [6.07, 6.45) is 3.63. The van der Waals surface area contributed by atoms with Gasteiger partial charge in [0.05, 0.1) is 16.8 Å². The zero-order valence-electron chi connectivity index (χ0n) is 18.8. The molecule has 4 N–H and O–H groups in total. The summed E-state index contributed by atoms with van der Waals surface area (Å²) in [5.74, 6) is -0.391. The number of likely N-dealkylation sites (N-methyl/N-ethyl adjacent to an activating group) is 1. The summed E-state index contributed by atoms with van der Waals surface area (Å²) in [5, 5.41) is 3.74. The van der Waals surface area contributed by atoms with Crippen LogP contribution < -0.4 is 16.6 Å². The first kappa shape index (κ1) is 22.5. The zero-order chi connectivity index (χ0) is 23.5. The number of piperidine rings is 1. The van der Waals surface area contributed by atoms with Crippen molar-refractivity contribution < 1.29 is 9.18 Å². The molecule has 1 amide bonds. The fourth-order valence-corrected chi connectivity index (χ4v) is 4.08. The summed E-state index contributed by atoms with van der Waals surface area (Å²) in [4.78, 5) is 32.0. The predicted molar refractivity (Wildman–Crippen MR) is 129 cm³/mol. The SMILES string of the molecule is CN(C)[C@H]1CCCN(C(=O)c2ccc(N/C=C(\N)c3cc4ccc(F)cc4[nH]c3=O)cc2)C1. The second-order valence-electron chi connectivity index (χ2n) is 8.58. The molecule has 4 rings (SSSR count). The molecule has 0 spiro atoms. The monoisotopic (exact) mass is 449 g/mol. The lowest BCUT2D eigenvalue weighted by Crippen LogP contribution is -2.47. The number of aromatic amines is 1. The third-order valence-electron chi connectivity index (χ3n) is 6.06. The van der Waals surface area contributed by atoms with Crippen LogP contribution in [0.2, 0.25) is 0 Å². The number of halogens is 1. The first-order valence-electron chi connectivity index (χ1n) is 10.9. The minimum Gasteiger partial charge on any atom is -0.397 e. The van der Waals surface area contributed by atoms with E-state index in [4.69, 9.17) is 5.73 Å². The average molecular weight is 450 g/mol. The fraction of sp³-hybridized carbons (Fsp3) is 0.280. The molecule has 2 aromatic carbocycles. The molecule has 0 radical (unpaired) electrons. The van der Waals surface area contributed by atoms with Crippen LogP contribution in [0.5, 0.6) is 0 Å². The number of pyridine rings is 1. The Kier molecular flexibility index (Phi) is 6.46. The standard InChI is InChI=1S/C25H28FN5O2/c1-30(2)20-4-3-11-31(15-20)25(33)16-6-9-19(10-7-16)28-14-22(27)21-12-17-5-8-18(26)13-23(17)29-24(21)32/h5-10,12-14,20,28H,3-4,11,15,27H2,1-2H3,(H,29,32)/b22-14-/t20-/m0/s1. The number of carbonyl (C=O) groups excluding carboxylic acids is 1. The second-order valence-corrected chi connectivity index (χ2v) is 8.58. The summed E-state index contributed by atoms with van der Waals surface area (Å²) in [5.41, 5.74) is 8.03. The maximum absolute atomic E-state index is 13.4. The van der Waals surface area contributed by atoms with E-state index in [9.17, 15) is 14.0 Å². The summed E-state index contributed by atoms with van der Waals surface area (Å²) < 4.78 is 13.4. The quantitative estimate of drug-likeness (QED) is 0.556. The Balaban J connectivity index is 1.45. The number of nitrogens with zero attached hydrogens (tertiary/aromatic N) is 2. The first-order valence-corrected chi connectivity index (χ1v) is 10.9. The Morgan fingerprint density at radius 1 is 1.21 bits per heavy atom. The summed E-state index contributed by atoms with van der Waals surface area (Å²) in [7, 11) is 4.09. The topological polar surface area (TPSA) is 94.5 Å². The number of nitrogens with two attached hydrogens (primary N) is 1. The van der Waals surface area contributed by atoms with E-state index in [1.165, 1.54) is 18.3 Å². The van der Waals surface area contributed by atoms with Crippen molar-refractivity contribution >= 4 is 28.2 Å². The third kappa shape index (κ3) is 5.06. The van der Waals surface area contributed by atoms with Crippen molar-refractivity contribution in [3.8, 4) is 0 Å². The summed E-state index contributed by atoms with van der Waals surface area (Å²) >= 11 is 0. The molecule has 3 aromatic rings. The molecule has 0 aliphatic carbocycles. The van der Waals surface area contributed by atoms with Gasteiger partial charge in [0.15, 0.2) is 0 Å². The van der Waals surface area contributed by atoms with Crippen LogP contribution in [0.15, 0.2) is 59.5 Å². The molecule has 7 nitrogen and oxygen atoms in total. The van der Waals surface area contributed by atoms with E-state index in [0.29, 0.717) is 22.5 Å². The molecule has 0 saturated carbocycles. The van der Waals surface area contributed by atoms with Gasteiger partial charge in [0.1, 0.15) is 5.82 Å². The van der Waals surface area contributed by atoms with Crippen LogP contribution in [0.25, 0.3) is 16.6 Å². The van der Waals surface area contributed by atoms with E-state index in [-0.39, 0.29) is 17.2 Å². The number of hydrogen-bond donors (Lipinski definition) is 3. The smallest absolute Gasteiger partial charge is 0.257 e. The van der Waals surface area contributed by atoms with Gasteiger partial charge in [-0.2, -0.15) is 0 Å². The Morgan fingerprint density at radius 2 is 1.97 bits per heavy atom. The second kappa shape index (κ2) is 9.46. The molecule has 1 atom stereocenters. The van der Waals surface area contributed by atoms with Crippen LogP contribution in [-0.4, -0.2) is 53.9 Å². The fourth-order valence-electron chi connectivity index (χ4n) is 4.08. The molecule has 172 valence electrons. The van der Waals surface area contributed by atoms with E-state index < -0.39 is 11.4 Å². The van der Waals surface area contributed by atoms with Crippen molar-refractivity contribution in [3.63, 3.8) is 0 Å². The van der Waals surface area contributed by atoms with Crippen molar-refractivity contribution in [3.05, 3.63) is 82.0 Å². The van der Waals surface area contributed by atoms with E-state index in [2.05, 4.69) is 15.2 Å². The van der Waals surface area contributed by atoms with Crippen molar-refractivity contribution in [1.29, 1.82) is 0 Å². The molecular weight excluding hydrogens is 421 g/mol. The van der Waals surface area contributed by atoms with E-state index in [1.807, 2.05) is 19.0 Å². The van der Waals surface area contributed by atoms with Crippen molar-refractivity contribution in [1.82, 2.24) is 14.8 Å². The molecule has 1 aromatic heterocycles. The van der Waals surface area contributed by atoms with Crippen molar-refractivity contribution in [2.45, 2.75) is 18.9 Å². The molecule has 8 heteroatoms. The molecule has 1 aliphatic heterocycles. The highest BCUT2D eigenvalue weighted by Gasteiger charge is 2.25. The third-order valence-corrected chi connectivity index (χ3v) is 6.06. The molecule has 0 unspecified atom stereocenters. The van der Waals surface area contributed by atoms with Gasteiger partial charge in [-0.25, -0.2) is 4.39 Å². The molecule has 1 saturated heterocycles. The summed E-state index contributed by atoms with van der Waals surface area (Å²) in [6.45, 7) is 1.51. The lowest BCUT2D eigenvalue weighted by molar-refractivity contribution is 0.0635. The number of aromatic nitrogens is 1. The number of anilines is 1. The van der Waals surface area contributed by atoms with Gasteiger partial charge in [-0.3, -0.25) is 9.59 Å². The maximum atomic E-state index is 13.4. The van der Waals surface area contributed by atoms with Gasteiger partial charge >= 0.3 is 0 Å². The van der Waals surface area contributed by atoms with Gasteiger partial charge in [-0.05, 0) is 80.9 Å². The van der Waals surface area contributed by atoms with Crippen LogP contribution in [0.4, 0.5) is 10.1 Å². The lowest BCUT2D eigenvalue weighted by Gasteiger charge is -2.36. The molecular formula is C25H28FN5O2. The highest BCUT2D eigenvalue weighted by molar-refractivity contribution is 5.94. The normalized spacial score (nSPS) is 16.9. The number of benzene rings is 2. The lowest BCUT2D eigenvalue weighted by atomic mass is 10.0. The Morgan fingerprint density at radius 3 is 2.70 bits per heavy atom. The molecule has 33 heavy (non-hydrogen) atoms. The van der Waals surface area contributed by atoms with Gasteiger partial charge < -0.3 is 25.8 Å². The predicted octanol–water partition coefficient (Wildman–Crippen LogP) is 3.20. The average Bonchev–Trinajstić information content (AvgIpc) is 2.82. The maximum Gasteiger partial charge on any atom is 0.257 e. The minimum absolute atomic E-state index is 0.0299. The largest absolute Gasteiger partial charge is 0.397 e. The van der Waals surface area contributed by atoms with Gasteiger partial charge in [-0.15, -0.1) is 0 Å². The number of hydrogen-bond acceptors (Lipinski definition) is 5. The molecule has 2 heterocycles. The van der Waals surface area contributed by atoms with E-state index >= 15 is 0 Å². The van der Waals surface area contributed by atoms with Crippen molar-refractivity contribution in [2.75, 3.05) is 32.5 Å². The van der Waals surface area contributed by atoms with Gasteiger partial charge in [0.25, 0.3) is 11.5 Å². The van der Waals surface area contributed by atoms with E-state index in [0.717, 1.165) is 31.6 Å². The molecule has 1 aliphatic rings. The highest BCUT2D eigenvalue weighted by Crippen LogP contribution is 2.19. The number of carbonyl (C=O) groups is 1. The van der Waals surface area contributed by atoms with Crippen LogP contribution >= 0.6 is 0 Å². The number of likely N-dealkylation sites (tertiary alicyclic amines) is 1. The number of amides is 1. The summed E-state index contributed by atoms with van der Waals surface area (Å²) in [6, 6.07) is 13.4. The van der Waals surface area contributed by atoms with Crippen molar-refractivity contribution in [2.24, 2.45) is 5.73 Å². The van der Waals surface area contributed by atoms with Gasteiger partial charge in [0, 0.05) is 36.6 Å².